The first kappa shape index (κ1) is 30.1. The van der Waals surface area contributed by atoms with E-state index in [4.69, 9.17) is 18.8 Å². The van der Waals surface area contributed by atoms with Gasteiger partial charge in [-0.05, 0) is 97.1 Å². The summed E-state index contributed by atoms with van der Waals surface area (Å²) in [5, 5.41) is 2.69. The molecule has 7 aromatic carbocycles. The van der Waals surface area contributed by atoms with Crippen LogP contribution in [0.2, 0.25) is 0 Å². The molecule has 4 aromatic heterocycles. The number of benzene rings is 7. The predicted molar refractivity (Wildman–Crippen MR) is 214 cm³/mol. The molecule has 0 N–H and O–H groups in total. The van der Waals surface area contributed by atoms with Crippen molar-refractivity contribution < 1.29 is 8.83 Å². The summed E-state index contributed by atoms with van der Waals surface area (Å²) in [7, 11) is 0. The van der Waals surface area contributed by atoms with E-state index in [-0.39, 0.29) is 10.9 Å². The molecule has 0 aliphatic heterocycles. The normalized spacial score (nSPS) is 11.9. The SMILES string of the molecule is O=c1c2ccccc2n(-c2ccc(-c3nc4cc5oc(-c6ccc(-n7c8ccccc8c(=O)c8ccccc87)cc6)nc5cc4o3)cc2)c2ccccc12. The van der Waals surface area contributed by atoms with Gasteiger partial charge in [-0.3, -0.25) is 9.59 Å². The molecule has 0 aliphatic rings. The molecule has 0 aliphatic carbocycles. The molecule has 0 atom stereocenters. The summed E-state index contributed by atoms with van der Waals surface area (Å²) >= 11 is 0. The number of para-hydroxylation sites is 4. The van der Waals surface area contributed by atoms with E-state index in [9.17, 15) is 9.59 Å². The van der Waals surface area contributed by atoms with Gasteiger partial charge in [0.2, 0.25) is 11.8 Å². The van der Waals surface area contributed by atoms with Crippen molar-refractivity contribution in [1.29, 1.82) is 0 Å². The van der Waals surface area contributed by atoms with Crippen molar-refractivity contribution in [3.05, 3.63) is 178 Å². The fraction of sp³-hybridized carbons (Fsp3) is 0. The molecule has 54 heavy (non-hydrogen) atoms. The maximum Gasteiger partial charge on any atom is 0.227 e. The monoisotopic (exact) mass is 698 g/mol. The number of hydrogen-bond donors (Lipinski definition) is 0. The zero-order valence-electron chi connectivity index (χ0n) is 28.4. The van der Waals surface area contributed by atoms with Crippen molar-refractivity contribution in [2.45, 2.75) is 0 Å². The third kappa shape index (κ3) is 4.50. The lowest BCUT2D eigenvalue weighted by atomic mass is 10.1. The van der Waals surface area contributed by atoms with Gasteiger partial charge >= 0.3 is 0 Å². The Hall–Kier alpha value is -7.58. The van der Waals surface area contributed by atoms with Crippen LogP contribution in [-0.4, -0.2) is 19.1 Å². The van der Waals surface area contributed by atoms with Crippen molar-refractivity contribution in [1.82, 2.24) is 19.1 Å². The minimum Gasteiger partial charge on any atom is -0.436 e. The summed E-state index contributed by atoms with van der Waals surface area (Å²) in [4.78, 5) is 36.1. The third-order valence-corrected chi connectivity index (χ3v) is 10.2. The molecule has 11 rings (SSSR count). The summed E-state index contributed by atoms with van der Waals surface area (Å²) in [6.45, 7) is 0. The Morgan fingerprint density at radius 1 is 0.389 bits per heavy atom. The fourth-order valence-electron chi connectivity index (χ4n) is 7.65. The Labute approximate surface area is 305 Å². The van der Waals surface area contributed by atoms with Gasteiger partial charge in [-0.25, -0.2) is 9.97 Å². The molecular formula is C46H26N4O4. The largest absolute Gasteiger partial charge is 0.436 e. The summed E-state index contributed by atoms with van der Waals surface area (Å²) in [5.41, 5.74) is 9.43. The van der Waals surface area contributed by atoms with Crippen LogP contribution in [0, 0.1) is 0 Å². The van der Waals surface area contributed by atoms with Crippen LogP contribution in [0.3, 0.4) is 0 Å². The van der Waals surface area contributed by atoms with E-state index in [1.165, 1.54) is 0 Å². The van der Waals surface area contributed by atoms with Crippen LogP contribution in [0.5, 0.6) is 0 Å². The van der Waals surface area contributed by atoms with Crippen LogP contribution >= 0.6 is 0 Å². The quantitative estimate of drug-likeness (QED) is 0.170. The Morgan fingerprint density at radius 2 is 0.704 bits per heavy atom. The molecule has 0 unspecified atom stereocenters. The first-order valence-corrected chi connectivity index (χ1v) is 17.6. The standard InChI is InChI=1S/C46H26N4O4/c51-43-31-9-1-5-13-37(31)49(38-14-6-2-10-32(38)43)29-21-17-27(18-22-29)45-47-35-25-42-36(26-41(35)53-45)48-46(54-42)28-19-23-30(24-20-28)50-39-15-7-3-11-33(39)44(52)34-12-4-8-16-40(34)50/h1-26H. The summed E-state index contributed by atoms with van der Waals surface area (Å²) in [6.07, 6.45) is 0. The van der Waals surface area contributed by atoms with Crippen LogP contribution in [0.4, 0.5) is 0 Å². The molecule has 0 bridgehead atoms. The molecule has 8 nitrogen and oxygen atoms in total. The second-order valence-electron chi connectivity index (χ2n) is 13.3. The van der Waals surface area contributed by atoms with Crippen molar-refractivity contribution in [3.63, 3.8) is 0 Å². The maximum absolute atomic E-state index is 13.2. The Bertz CT molecular complexity index is 3030. The highest BCUT2D eigenvalue weighted by Crippen LogP contribution is 2.33. The number of aromatic nitrogens is 4. The zero-order chi connectivity index (χ0) is 35.9. The topological polar surface area (TPSA) is 96.1 Å². The number of hydrogen-bond acceptors (Lipinski definition) is 6. The van der Waals surface area contributed by atoms with E-state index in [1.54, 1.807) is 0 Å². The van der Waals surface area contributed by atoms with Crippen LogP contribution < -0.4 is 10.9 Å². The number of fused-ring (bicyclic) bond motifs is 6. The van der Waals surface area contributed by atoms with Crippen molar-refractivity contribution in [2.75, 3.05) is 0 Å². The molecule has 0 amide bonds. The number of rotatable bonds is 4. The average molecular weight is 699 g/mol. The van der Waals surface area contributed by atoms with Crippen LogP contribution in [0.15, 0.2) is 176 Å². The van der Waals surface area contributed by atoms with Crippen LogP contribution in [0.25, 0.3) is 100 Å². The third-order valence-electron chi connectivity index (χ3n) is 10.2. The molecule has 0 fully saturated rings. The average Bonchev–Trinajstić information content (AvgIpc) is 3.84. The second kappa shape index (κ2) is 11.5. The fourth-order valence-corrected chi connectivity index (χ4v) is 7.65. The molecule has 0 saturated carbocycles. The van der Waals surface area contributed by atoms with Crippen molar-refractivity contribution in [3.8, 4) is 34.3 Å². The number of pyridine rings is 2. The smallest absolute Gasteiger partial charge is 0.227 e. The molecule has 0 spiro atoms. The number of oxazole rings is 2. The zero-order valence-corrected chi connectivity index (χ0v) is 28.4. The lowest BCUT2D eigenvalue weighted by molar-refractivity contribution is 0.618. The van der Waals surface area contributed by atoms with E-state index in [1.807, 2.05) is 158 Å². The first-order valence-electron chi connectivity index (χ1n) is 17.6. The van der Waals surface area contributed by atoms with Crippen molar-refractivity contribution >= 4 is 65.8 Å². The van der Waals surface area contributed by atoms with Gasteiger partial charge in [0.1, 0.15) is 11.0 Å². The summed E-state index contributed by atoms with van der Waals surface area (Å²) in [5.74, 6) is 0.967. The van der Waals surface area contributed by atoms with Gasteiger partial charge in [-0.2, -0.15) is 0 Å². The summed E-state index contributed by atoms with van der Waals surface area (Å²) in [6, 6.07) is 50.4. The molecule has 11 aromatic rings. The Balaban J connectivity index is 0.927. The Kier molecular flexibility index (Phi) is 6.39. The van der Waals surface area contributed by atoms with E-state index < -0.39 is 0 Å². The van der Waals surface area contributed by atoms with Gasteiger partial charge in [-0.15, -0.1) is 0 Å². The van der Waals surface area contributed by atoms with E-state index in [0.717, 1.165) is 44.6 Å². The van der Waals surface area contributed by atoms with E-state index in [2.05, 4.69) is 9.13 Å². The highest BCUT2D eigenvalue weighted by Gasteiger charge is 2.17. The maximum atomic E-state index is 13.2. The molecule has 0 radical (unpaired) electrons. The summed E-state index contributed by atoms with van der Waals surface area (Å²) < 4.78 is 16.7. The van der Waals surface area contributed by atoms with Gasteiger partial charge in [0, 0.05) is 56.2 Å². The highest BCUT2D eigenvalue weighted by atomic mass is 16.4. The lowest BCUT2D eigenvalue weighted by Gasteiger charge is -2.15. The molecule has 254 valence electrons. The lowest BCUT2D eigenvalue weighted by Crippen LogP contribution is -2.10. The Morgan fingerprint density at radius 3 is 1.04 bits per heavy atom. The van der Waals surface area contributed by atoms with Gasteiger partial charge in [0.25, 0.3) is 0 Å². The first-order chi connectivity index (χ1) is 26.6. The van der Waals surface area contributed by atoms with Crippen LogP contribution in [0.1, 0.15) is 0 Å². The molecular weight excluding hydrogens is 673 g/mol. The predicted octanol–water partition coefficient (Wildman–Crippen LogP) is 10.2. The van der Waals surface area contributed by atoms with E-state index in [0.29, 0.717) is 55.5 Å². The van der Waals surface area contributed by atoms with Gasteiger partial charge < -0.3 is 18.0 Å². The minimum atomic E-state index is 0.0243. The minimum absolute atomic E-state index is 0.0243. The van der Waals surface area contributed by atoms with E-state index >= 15 is 0 Å². The van der Waals surface area contributed by atoms with Gasteiger partial charge in [-0.1, -0.05) is 48.5 Å². The highest BCUT2D eigenvalue weighted by molar-refractivity contribution is 5.97. The molecule has 0 saturated heterocycles. The van der Waals surface area contributed by atoms with Crippen LogP contribution in [-0.2, 0) is 0 Å². The molecule has 8 heteroatoms. The van der Waals surface area contributed by atoms with Crippen molar-refractivity contribution in [2.24, 2.45) is 0 Å². The van der Waals surface area contributed by atoms with Gasteiger partial charge in [0.15, 0.2) is 22.0 Å². The second-order valence-corrected chi connectivity index (χ2v) is 13.3. The van der Waals surface area contributed by atoms with Gasteiger partial charge in [0.05, 0.1) is 22.1 Å². The molecule has 4 heterocycles. The number of nitrogens with zero attached hydrogens (tertiary/aromatic N) is 4.